The largest absolute Gasteiger partial charge is 0.480 e. The first kappa shape index (κ1) is 16.7. The van der Waals surface area contributed by atoms with Crippen molar-refractivity contribution in [1.82, 2.24) is 15.1 Å². The molecule has 2 fully saturated rings. The number of hydrogen-bond donors (Lipinski definition) is 2. The molecule has 2 aliphatic rings. The predicted molar refractivity (Wildman–Crippen MR) is 84.6 cm³/mol. The van der Waals surface area contributed by atoms with Crippen molar-refractivity contribution in [3.8, 4) is 0 Å². The van der Waals surface area contributed by atoms with E-state index in [1.165, 1.54) is 12.8 Å². The zero-order chi connectivity index (χ0) is 15.6. The Balaban J connectivity index is 1.94. The summed E-state index contributed by atoms with van der Waals surface area (Å²) in [5.74, 6) is -0.679. The highest BCUT2D eigenvalue weighted by molar-refractivity contribution is 5.79. The van der Waals surface area contributed by atoms with Crippen LogP contribution in [0.3, 0.4) is 0 Å². The Morgan fingerprint density at radius 2 is 1.90 bits per heavy atom. The fraction of sp³-hybridized carbons (Fsp3) is 0.938. The van der Waals surface area contributed by atoms with Crippen LogP contribution in [0, 0.1) is 0 Å². The molecule has 1 aliphatic carbocycles. The van der Waals surface area contributed by atoms with E-state index in [1.807, 2.05) is 13.8 Å². The van der Waals surface area contributed by atoms with Gasteiger partial charge in [0, 0.05) is 18.1 Å². The average molecular weight is 297 g/mol. The molecule has 1 heterocycles. The van der Waals surface area contributed by atoms with Gasteiger partial charge in [-0.25, -0.2) is 0 Å². The Morgan fingerprint density at radius 3 is 2.38 bits per heavy atom. The summed E-state index contributed by atoms with van der Waals surface area (Å²) in [5, 5.41) is 13.0. The first-order chi connectivity index (χ1) is 9.84. The van der Waals surface area contributed by atoms with Crippen LogP contribution in [-0.2, 0) is 4.79 Å². The number of aliphatic carboxylic acids is 1. The summed E-state index contributed by atoms with van der Waals surface area (Å²) in [6.45, 7) is 6.26. The van der Waals surface area contributed by atoms with Gasteiger partial charge in [-0.3, -0.25) is 10.1 Å². The number of nitrogens with zero attached hydrogens (tertiary/aromatic N) is 2. The van der Waals surface area contributed by atoms with Crippen molar-refractivity contribution in [3.63, 3.8) is 0 Å². The van der Waals surface area contributed by atoms with Gasteiger partial charge in [-0.05, 0) is 73.1 Å². The summed E-state index contributed by atoms with van der Waals surface area (Å²) in [6, 6.07) is 1.32. The minimum absolute atomic E-state index is 0.208. The average Bonchev–Trinajstić information content (AvgIpc) is 2.83. The fourth-order valence-corrected chi connectivity index (χ4v) is 4.04. The Labute approximate surface area is 128 Å². The van der Waals surface area contributed by atoms with Crippen LogP contribution in [-0.4, -0.2) is 71.7 Å². The first-order valence-corrected chi connectivity index (χ1v) is 8.25. The van der Waals surface area contributed by atoms with Gasteiger partial charge >= 0.3 is 5.97 Å². The highest BCUT2D eigenvalue weighted by Crippen LogP contribution is 2.35. The molecule has 0 radical (unpaired) electrons. The molecule has 2 N–H and O–H groups in total. The zero-order valence-electron chi connectivity index (χ0n) is 13.9. The molecule has 1 saturated carbocycles. The van der Waals surface area contributed by atoms with Crippen molar-refractivity contribution in [2.75, 3.05) is 27.2 Å². The van der Waals surface area contributed by atoms with E-state index >= 15 is 0 Å². The van der Waals surface area contributed by atoms with E-state index in [2.05, 4.69) is 29.2 Å². The molecule has 21 heavy (non-hydrogen) atoms. The minimum atomic E-state index is -0.711. The van der Waals surface area contributed by atoms with Gasteiger partial charge in [0.05, 0.1) is 0 Å². The summed E-state index contributed by atoms with van der Waals surface area (Å²) in [6.07, 6.45) is 4.88. The van der Waals surface area contributed by atoms with Gasteiger partial charge in [0.25, 0.3) is 0 Å². The minimum Gasteiger partial charge on any atom is -0.480 e. The Hall–Kier alpha value is -0.650. The van der Waals surface area contributed by atoms with Crippen molar-refractivity contribution in [3.05, 3.63) is 0 Å². The summed E-state index contributed by atoms with van der Waals surface area (Å²) < 4.78 is 0. The van der Waals surface area contributed by atoms with Gasteiger partial charge in [0.1, 0.15) is 5.54 Å². The van der Waals surface area contributed by atoms with Crippen LogP contribution in [0.2, 0.25) is 0 Å². The zero-order valence-corrected chi connectivity index (χ0v) is 13.9. The Morgan fingerprint density at radius 1 is 1.29 bits per heavy atom. The molecular weight excluding hydrogens is 266 g/mol. The van der Waals surface area contributed by atoms with Crippen molar-refractivity contribution in [1.29, 1.82) is 0 Å². The van der Waals surface area contributed by atoms with Crippen LogP contribution in [0.5, 0.6) is 0 Å². The van der Waals surface area contributed by atoms with E-state index in [9.17, 15) is 9.90 Å². The molecule has 0 aromatic carbocycles. The number of nitrogens with one attached hydrogen (secondary N) is 1. The molecule has 0 aromatic heterocycles. The highest BCUT2D eigenvalue weighted by atomic mass is 16.4. The first-order valence-electron chi connectivity index (χ1n) is 8.25. The Bertz CT molecular complexity index is 365. The molecule has 0 amide bonds. The van der Waals surface area contributed by atoms with Crippen LogP contribution in [0.4, 0.5) is 0 Å². The smallest absolute Gasteiger partial charge is 0.323 e. The summed E-state index contributed by atoms with van der Waals surface area (Å²) >= 11 is 0. The topological polar surface area (TPSA) is 55.8 Å². The summed E-state index contributed by atoms with van der Waals surface area (Å²) in [7, 11) is 4.30. The highest BCUT2D eigenvalue weighted by Gasteiger charge is 2.47. The monoisotopic (exact) mass is 297 g/mol. The number of carboxylic acid groups (broad SMARTS) is 1. The number of carboxylic acids is 1. The maximum absolute atomic E-state index is 11.7. The third-order valence-electron chi connectivity index (χ3n) is 5.21. The van der Waals surface area contributed by atoms with Crippen molar-refractivity contribution >= 4 is 5.97 Å². The van der Waals surface area contributed by atoms with Gasteiger partial charge in [0.2, 0.25) is 0 Å². The molecular formula is C16H31N3O2. The normalized spacial score (nSPS) is 32.2. The van der Waals surface area contributed by atoms with E-state index in [1.54, 1.807) is 0 Å². The molecule has 0 aromatic rings. The summed E-state index contributed by atoms with van der Waals surface area (Å²) in [4.78, 5) is 16.6. The molecule has 0 spiro atoms. The molecule has 1 aliphatic heterocycles. The molecule has 0 bridgehead atoms. The van der Waals surface area contributed by atoms with Crippen LogP contribution < -0.4 is 5.32 Å². The van der Waals surface area contributed by atoms with Crippen LogP contribution in [0.15, 0.2) is 0 Å². The predicted octanol–water partition coefficient (Wildman–Crippen LogP) is 1.39. The SMILES string of the molecule is CC(C)NC1(C(=O)O)CCC(N2CCC(N(C)C)CC2)C1. The number of piperidine rings is 1. The maximum Gasteiger partial charge on any atom is 0.323 e. The number of hydrogen-bond acceptors (Lipinski definition) is 4. The third-order valence-corrected chi connectivity index (χ3v) is 5.21. The van der Waals surface area contributed by atoms with Gasteiger partial charge in [-0.1, -0.05) is 0 Å². The molecule has 1 saturated heterocycles. The maximum atomic E-state index is 11.7. The van der Waals surface area contributed by atoms with E-state index in [0.717, 1.165) is 32.4 Å². The second-order valence-corrected chi connectivity index (χ2v) is 7.31. The molecule has 2 rings (SSSR count). The molecule has 122 valence electrons. The number of rotatable bonds is 5. The number of likely N-dealkylation sites (tertiary alicyclic amines) is 1. The van der Waals surface area contributed by atoms with Gasteiger partial charge in [-0.15, -0.1) is 0 Å². The Kier molecular flexibility index (Phi) is 5.28. The molecule has 5 nitrogen and oxygen atoms in total. The van der Waals surface area contributed by atoms with Gasteiger partial charge in [-0.2, -0.15) is 0 Å². The van der Waals surface area contributed by atoms with Gasteiger partial charge < -0.3 is 14.9 Å². The quantitative estimate of drug-likeness (QED) is 0.803. The van der Waals surface area contributed by atoms with E-state index in [-0.39, 0.29) is 6.04 Å². The second-order valence-electron chi connectivity index (χ2n) is 7.31. The summed E-state index contributed by atoms with van der Waals surface area (Å²) in [5.41, 5.74) is -0.711. The van der Waals surface area contributed by atoms with Crippen LogP contribution in [0.25, 0.3) is 0 Å². The lowest BCUT2D eigenvalue weighted by molar-refractivity contribution is -0.145. The molecule has 2 atom stereocenters. The lowest BCUT2D eigenvalue weighted by Gasteiger charge is -2.39. The lowest BCUT2D eigenvalue weighted by atomic mass is 9.95. The molecule has 2 unspecified atom stereocenters. The lowest BCUT2D eigenvalue weighted by Crippen LogP contribution is -2.54. The fourth-order valence-electron chi connectivity index (χ4n) is 4.04. The van der Waals surface area contributed by atoms with E-state index < -0.39 is 11.5 Å². The van der Waals surface area contributed by atoms with Crippen molar-refractivity contribution < 1.29 is 9.90 Å². The standard InChI is InChI=1S/C16H31N3O2/c1-12(2)17-16(15(20)21)8-5-14(11-16)19-9-6-13(7-10-19)18(3)4/h12-14,17H,5-11H2,1-4H3,(H,20,21). The second kappa shape index (κ2) is 6.63. The number of carbonyl (C=O) groups is 1. The van der Waals surface area contributed by atoms with E-state index in [4.69, 9.17) is 0 Å². The van der Waals surface area contributed by atoms with Crippen LogP contribution >= 0.6 is 0 Å². The van der Waals surface area contributed by atoms with Gasteiger partial charge in [0.15, 0.2) is 0 Å². The van der Waals surface area contributed by atoms with Crippen molar-refractivity contribution in [2.45, 2.75) is 69.6 Å². The molecule has 5 heteroatoms. The van der Waals surface area contributed by atoms with Crippen molar-refractivity contribution in [2.24, 2.45) is 0 Å². The van der Waals surface area contributed by atoms with E-state index in [0.29, 0.717) is 12.1 Å². The van der Waals surface area contributed by atoms with Crippen LogP contribution in [0.1, 0.15) is 46.0 Å². The third kappa shape index (κ3) is 3.76.